The maximum atomic E-state index is 13.5. The van der Waals surface area contributed by atoms with E-state index in [-0.39, 0.29) is 11.5 Å². The van der Waals surface area contributed by atoms with Crippen LogP contribution in [0.5, 0.6) is 0 Å². The van der Waals surface area contributed by atoms with Gasteiger partial charge >= 0.3 is 0 Å². The summed E-state index contributed by atoms with van der Waals surface area (Å²) in [6.45, 7) is 0.169. The molecule has 104 valence electrons. The van der Waals surface area contributed by atoms with E-state index in [0.717, 1.165) is 6.07 Å². The van der Waals surface area contributed by atoms with E-state index in [1.54, 1.807) is 18.2 Å². The number of nitrogens with two attached hydrogens (primary N) is 1. The van der Waals surface area contributed by atoms with Gasteiger partial charge in [0.25, 0.3) is 0 Å². The fourth-order valence-electron chi connectivity index (χ4n) is 1.73. The number of hydrogen-bond donors (Lipinski definition) is 2. The minimum atomic E-state index is -0.614. The minimum Gasteiger partial charge on any atom is -0.389 e. The molecule has 2 nitrogen and oxygen atoms in total. The summed E-state index contributed by atoms with van der Waals surface area (Å²) < 4.78 is 26.4. The summed E-state index contributed by atoms with van der Waals surface area (Å²) in [6, 6.07) is 8.42. The Hall–Kier alpha value is -1.72. The van der Waals surface area contributed by atoms with Crippen LogP contribution in [0.15, 0.2) is 36.4 Å². The first kappa shape index (κ1) is 14.7. The molecule has 3 N–H and O–H groups in total. The van der Waals surface area contributed by atoms with Crippen molar-refractivity contribution in [3.63, 3.8) is 0 Å². The normalized spacial score (nSPS) is 10.3. The van der Waals surface area contributed by atoms with Crippen LogP contribution in [0.3, 0.4) is 0 Å². The zero-order chi connectivity index (χ0) is 14.7. The lowest BCUT2D eigenvalue weighted by Gasteiger charge is -2.12. The van der Waals surface area contributed by atoms with Crippen molar-refractivity contribution in [2.75, 3.05) is 5.32 Å². The van der Waals surface area contributed by atoms with Crippen LogP contribution in [0.4, 0.5) is 14.5 Å². The topological polar surface area (TPSA) is 38.0 Å². The molecule has 2 rings (SSSR count). The molecule has 0 spiro atoms. The van der Waals surface area contributed by atoms with Gasteiger partial charge in [0.15, 0.2) is 0 Å². The van der Waals surface area contributed by atoms with Crippen LogP contribution >= 0.6 is 23.8 Å². The van der Waals surface area contributed by atoms with Crippen LogP contribution in [-0.4, -0.2) is 4.99 Å². The molecule has 0 saturated heterocycles. The Morgan fingerprint density at radius 2 is 1.95 bits per heavy atom. The quantitative estimate of drug-likeness (QED) is 0.842. The minimum absolute atomic E-state index is 0.169. The van der Waals surface area contributed by atoms with Crippen LogP contribution in [0.1, 0.15) is 11.1 Å². The fraction of sp³-hybridized carbons (Fsp3) is 0.0714. The Balaban J connectivity index is 2.22. The summed E-state index contributed by atoms with van der Waals surface area (Å²) in [6.07, 6.45) is 0. The molecule has 2 aromatic carbocycles. The van der Waals surface area contributed by atoms with Crippen molar-refractivity contribution in [3.05, 3.63) is 64.2 Å². The highest BCUT2D eigenvalue weighted by Gasteiger charge is 2.08. The highest BCUT2D eigenvalue weighted by Crippen LogP contribution is 2.22. The van der Waals surface area contributed by atoms with E-state index >= 15 is 0 Å². The smallest absolute Gasteiger partial charge is 0.131 e. The molecule has 0 aliphatic rings. The maximum Gasteiger partial charge on any atom is 0.131 e. The van der Waals surface area contributed by atoms with Gasteiger partial charge < -0.3 is 11.1 Å². The molecule has 0 heterocycles. The lowest BCUT2D eigenvalue weighted by Crippen LogP contribution is -2.13. The first-order valence-electron chi connectivity index (χ1n) is 5.74. The zero-order valence-electron chi connectivity index (χ0n) is 10.3. The standard InChI is InChI=1S/C14H11ClF2N2S/c15-9-2-4-11(14(18)20)13(5-9)19-7-8-1-3-10(16)6-12(8)17/h1-6,19H,7H2,(H2,18,20). The fourth-order valence-corrected chi connectivity index (χ4v) is 2.08. The van der Waals surface area contributed by atoms with Crippen molar-refractivity contribution in [1.29, 1.82) is 0 Å². The van der Waals surface area contributed by atoms with Crippen LogP contribution in [-0.2, 0) is 6.54 Å². The van der Waals surface area contributed by atoms with E-state index in [2.05, 4.69) is 5.32 Å². The number of nitrogens with one attached hydrogen (secondary N) is 1. The molecule has 0 aromatic heterocycles. The summed E-state index contributed by atoms with van der Waals surface area (Å²) >= 11 is 10.8. The largest absolute Gasteiger partial charge is 0.389 e. The third kappa shape index (κ3) is 3.43. The average molecular weight is 313 g/mol. The third-order valence-corrected chi connectivity index (χ3v) is 3.19. The molecule has 0 amide bonds. The number of thiocarbonyl (C=S) groups is 1. The first-order chi connectivity index (χ1) is 9.47. The van der Waals surface area contributed by atoms with E-state index in [0.29, 0.717) is 21.8 Å². The summed E-state index contributed by atoms with van der Waals surface area (Å²) in [5.41, 5.74) is 7.16. The molecule has 0 aliphatic carbocycles. The number of halogens is 3. The number of anilines is 1. The summed E-state index contributed by atoms with van der Waals surface area (Å²) in [5.74, 6) is -1.23. The van der Waals surface area contributed by atoms with Gasteiger partial charge in [-0.05, 0) is 24.3 Å². The monoisotopic (exact) mass is 312 g/mol. The first-order valence-corrected chi connectivity index (χ1v) is 6.53. The maximum absolute atomic E-state index is 13.5. The Bertz CT molecular complexity index is 662. The van der Waals surface area contributed by atoms with Gasteiger partial charge in [0.2, 0.25) is 0 Å². The van der Waals surface area contributed by atoms with Crippen LogP contribution < -0.4 is 11.1 Å². The van der Waals surface area contributed by atoms with Gasteiger partial charge in [0.1, 0.15) is 16.6 Å². The number of benzene rings is 2. The van der Waals surface area contributed by atoms with Gasteiger partial charge in [-0.3, -0.25) is 0 Å². The summed E-state index contributed by atoms with van der Waals surface area (Å²) in [4.78, 5) is 0.212. The van der Waals surface area contributed by atoms with Crippen molar-refractivity contribution >= 4 is 34.5 Å². The lowest BCUT2D eigenvalue weighted by molar-refractivity contribution is 0.574. The van der Waals surface area contributed by atoms with Gasteiger partial charge in [-0.15, -0.1) is 0 Å². The second kappa shape index (κ2) is 6.15. The summed E-state index contributed by atoms with van der Waals surface area (Å²) in [7, 11) is 0. The third-order valence-electron chi connectivity index (χ3n) is 2.73. The number of hydrogen-bond acceptors (Lipinski definition) is 2. The van der Waals surface area contributed by atoms with Crippen LogP contribution in [0.2, 0.25) is 5.02 Å². The molecule has 0 radical (unpaired) electrons. The molecule has 0 bridgehead atoms. The molecule has 0 aliphatic heterocycles. The van der Waals surface area contributed by atoms with Crippen molar-refractivity contribution in [2.24, 2.45) is 5.73 Å². The molecular weight excluding hydrogens is 302 g/mol. The molecule has 6 heteroatoms. The van der Waals surface area contributed by atoms with Crippen molar-refractivity contribution < 1.29 is 8.78 Å². The van der Waals surface area contributed by atoms with E-state index in [1.165, 1.54) is 12.1 Å². The highest BCUT2D eigenvalue weighted by molar-refractivity contribution is 7.80. The van der Waals surface area contributed by atoms with Crippen LogP contribution in [0.25, 0.3) is 0 Å². The van der Waals surface area contributed by atoms with Gasteiger partial charge in [-0.25, -0.2) is 8.78 Å². The van der Waals surface area contributed by atoms with E-state index in [4.69, 9.17) is 29.6 Å². The molecule has 0 fully saturated rings. The Morgan fingerprint density at radius 3 is 2.60 bits per heavy atom. The predicted molar refractivity (Wildman–Crippen MR) is 81.0 cm³/mol. The second-order valence-electron chi connectivity index (χ2n) is 4.14. The Labute approximate surface area is 125 Å². The van der Waals surface area contributed by atoms with Crippen LogP contribution in [0, 0.1) is 11.6 Å². The van der Waals surface area contributed by atoms with Gasteiger partial charge in [-0.1, -0.05) is 29.9 Å². The molecule has 20 heavy (non-hydrogen) atoms. The van der Waals surface area contributed by atoms with E-state index in [9.17, 15) is 8.78 Å². The Kier molecular flexibility index (Phi) is 4.52. The Morgan fingerprint density at radius 1 is 1.20 bits per heavy atom. The molecular formula is C14H11ClF2N2S. The predicted octanol–water partition coefficient (Wildman–Crippen LogP) is 3.86. The van der Waals surface area contributed by atoms with Gasteiger partial charge in [-0.2, -0.15) is 0 Å². The van der Waals surface area contributed by atoms with Crippen molar-refractivity contribution in [1.82, 2.24) is 0 Å². The van der Waals surface area contributed by atoms with Gasteiger partial charge in [0.05, 0.1) is 0 Å². The molecule has 0 atom stereocenters. The van der Waals surface area contributed by atoms with E-state index < -0.39 is 11.6 Å². The van der Waals surface area contributed by atoms with Crippen molar-refractivity contribution in [3.8, 4) is 0 Å². The molecule has 0 saturated carbocycles. The average Bonchev–Trinajstić information content (AvgIpc) is 2.37. The van der Waals surface area contributed by atoms with E-state index in [1.807, 2.05) is 0 Å². The molecule has 0 unspecified atom stereocenters. The number of rotatable bonds is 4. The second-order valence-corrected chi connectivity index (χ2v) is 5.02. The SMILES string of the molecule is NC(=S)c1ccc(Cl)cc1NCc1ccc(F)cc1F. The zero-order valence-corrected chi connectivity index (χ0v) is 11.9. The lowest BCUT2D eigenvalue weighted by atomic mass is 10.1. The van der Waals surface area contributed by atoms with Crippen molar-refractivity contribution in [2.45, 2.75) is 6.54 Å². The molecule has 2 aromatic rings. The summed E-state index contributed by atoms with van der Waals surface area (Å²) in [5, 5.41) is 3.50. The van der Waals surface area contributed by atoms with Gasteiger partial charge in [0, 0.05) is 34.4 Å². The highest BCUT2D eigenvalue weighted by atomic mass is 35.5.